The first-order valence-corrected chi connectivity index (χ1v) is 7.25. The van der Waals surface area contributed by atoms with Crippen LogP contribution < -0.4 is 5.32 Å². The van der Waals surface area contributed by atoms with Gasteiger partial charge in [-0.1, -0.05) is 0 Å². The quantitative estimate of drug-likeness (QED) is 0.850. The number of nitrogens with one attached hydrogen (secondary N) is 1. The monoisotopic (exact) mass is 318 g/mol. The van der Waals surface area contributed by atoms with Gasteiger partial charge in [0, 0.05) is 5.56 Å². The van der Waals surface area contributed by atoms with Crippen molar-refractivity contribution in [3.63, 3.8) is 0 Å². The minimum atomic E-state index is -1.02. The normalized spacial score (nSPS) is 15.2. The summed E-state index contributed by atoms with van der Waals surface area (Å²) in [6.45, 7) is 0. The lowest BCUT2D eigenvalue weighted by Gasteiger charge is -2.12. The lowest BCUT2D eigenvalue weighted by Crippen LogP contribution is -2.43. The Balaban J connectivity index is 1.63. The van der Waals surface area contributed by atoms with E-state index < -0.39 is 17.9 Å². The molecular formula is C16H15FN2O4. The Kier molecular flexibility index (Phi) is 4.10. The minimum Gasteiger partial charge on any atom is -0.480 e. The standard InChI is InChI=1S/C16H15FN2O4/c17-11-5-3-10(4-6-11)15-18-12(8-23-15)7-13(20)19-14(16(21)22)9-1-2-9/h3-6,8-9,14H,1-2,7H2,(H,19,20)(H,21,22). The molecule has 1 aliphatic rings. The summed E-state index contributed by atoms with van der Waals surface area (Å²) in [6, 6.07) is 4.79. The SMILES string of the molecule is O=C(Cc1coc(-c2ccc(F)cc2)n1)NC(C(=O)O)C1CC1. The van der Waals surface area contributed by atoms with Crippen molar-refractivity contribution in [1.29, 1.82) is 0 Å². The van der Waals surface area contributed by atoms with Gasteiger partial charge >= 0.3 is 5.97 Å². The van der Waals surface area contributed by atoms with Crippen LogP contribution >= 0.6 is 0 Å². The van der Waals surface area contributed by atoms with E-state index in [4.69, 9.17) is 9.52 Å². The molecule has 1 aliphatic carbocycles. The number of benzene rings is 1. The van der Waals surface area contributed by atoms with Crippen LogP contribution in [0.15, 0.2) is 34.9 Å². The molecule has 1 saturated carbocycles. The molecule has 1 heterocycles. The third kappa shape index (κ3) is 3.74. The molecule has 1 unspecified atom stereocenters. The fraction of sp³-hybridized carbons (Fsp3) is 0.312. The van der Waals surface area contributed by atoms with Gasteiger partial charge in [0.05, 0.1) is 12.1 Å². The second-order valence-corrected chi connectivity index (χ2v) is 5.55. The summed E-state index contributed by atoms with van der Waals surface area (Å²) < 4.78 is 18.2. The van der Waals surface area contributed by atoms with Gasteiger partial charge in [0.2, 0.25) is 11.8 Å². The Hall–Kier alpha value is -2.70. The number of carboxylic acids is 1. The lowest BCUT2D eigenvalue weighted by molar-refractivity contribution is -0.142. The molecule has 1 aromatic heterocycles. The van der Waals surface area contributed by atoms with E-state index in [1.165, 1.54) is 30.5 Å². The van der Waals surface area contributed by atoms with Gasteiger partial charge in [-0.2, -0.15) is 0 Å². The number of aliphatic carboxylic acids is 1. The summed E-state index contributed by atoms with van der Waals surface area (Å²) in [5.41, 5.74) is 0.987. The first-order chi connectivity index (χ1) is 11.0. The Bertz CT molecular complexity index is 722. The predicted molar refractivity (Wildman–Crippen MR) is 77.9 cm³/mol. The lowest BCUT2D eigenvalue weighted by atomic mass is 10.2. The molecule has 2 aromatic rings. The molecule has 2 N–H and O–H groups in total. The molecule has 1 fully saturated rings. The first-order valence-electron chi connectivity index (χ1n) is 7.25. The third-order valence-electron chi connectivity index (χ3n) is 3.66. The molecule has 1 aromatic carbocycles. The van der Waals surface area contributed by atoms with Crippen LogP contribution in [0.2, 0.25) is 0 Å². The van der Waals surface area contributed by atoms with E-state index in [1.807, 2.05) is 0 Å². The van der Waals surface area contributed by atoms with E-state index in [9.17, 15) is 14.0 Å². The molecule has 0 radical (unpaired) electrons. The number of carbonyl (C=O) groups is 2. The zero-order chi connectivity index (χ0) is 16.4. The summed E-state index contributed by atoms with van der Waals surface area (Å²) in [4.78, 5) is 27.2. The van der Waals surface area contributed by atoms with Crippen molar-refractivity contribution < 1.29 is 23.5 Å². The molecule has 1 amide bonds. The molecule has 23 heavy (non-hydrogen) atoms. The second-order valence-electron chi connectivity index (χ2n) is 5.55. The maximum atomic E-state index is 12.9. The molecule has 1 atom stereocenters. The minimum absolute atomic E-state index is 0.0172. The number of nitrogens with zero attached hydrogens (tertiary/aromatic N) is 1. The molecule has 6 nitrogen and oxygen atoms in total. The summed E-state index contributed by atoms with van der Waals surface area (Å²) in [6.07, 6.45) is 2.90. The molecule has 7 heteroatoms. The Morgan fingerprint density at radius 1 is 1.35 bits per heavy atom. The number of aromatic nitrogens is 1. The highest BCUT2D eigenvalue weighted by molar-refractivity contribution is 5.85. The Morgan fingerprint density at radius 2 is 2.04 bits per heavy atom. The van der Waals surface area contributed by atoms with Gasteiger partial charge in [-0.3, -0.25) is 4.79 Å². The van der Waals surface area contributed by atoms with Crippen LogP contribution in [-0.2, 0) is 16.0 Å². The van der Waals surface area contributed by atoms with Gasteiger partial charge < -0.3 is 14.8 Å². The van der Waals surface area contributed by atoms with Crippen LogP contribution in [-0.4, -0.2) is 28.0 Å². The van der Waals surface area contributed by atoms with E-state index in [-0.39, 0.29) is 24.0 Å². The predicted octanol–water partition coefficient (Wildman–Crippen LogP) is 2.00. The van der Waals surface area contributed by atoms with E-state index in [0.29, 0.717) is 11.3 Å². The van der Waals surface area contributed by atoms with Crippen molar-refractivity contribution in [3.05, 3.63) is 42.0 Å². The number of amides is 1. The summed E-state index contributed by atoms with van der Waals surface area (Å²) >= 11 is 0. The van der Waals surface area contributed by atoms with Crippen molar-refractivity contribution >= 4 is 11.9 Å². The van der Waals surface area contributed by atoms with Gasteiger partial charge in [0.25, 0.3) is 0 Å². The number of carboxylic acid groups (broad SMARTS) is 1. The number of halogens is 1. The molecule has 120 valence electrons. The number of hydrogen-bond acceptors (Lipinski definition) is 4. The summed E-state index contributed by atoms with van der Waals surface area (Å²) in [5.74, 6) is -1.50. The van der Waals surface area contributed by atoms with Gasteiger partial charge in [0.1, 0.15) is 18.1 Å². The van der Waals surface area contributed by atoms with Crippen molar-refractivity contribution in [1.82, 2.24) is 10.3 Å². The maximum absolute atomic E-state index is 12.9. The largest absolute Gasteiger partial charge is 0.480 e. The van der Waals surface area contributed by atoms with Gasteiger partial charge in [-0.05, 0) is 43.0 Å². The highest BCUT2D eigenvalue weighted by Gasteiger charge is 2.37. The van der Waals surface area contributed by atoms with Crippen LogP contribution in [0.1, 0.15) is 18.5 Å². The molecule has 0 spiro atoms. The number of oxazole rings is 1. The smallest absolute Gasteiger partial charge is 0.326 e. The Labute approximate surface area is 131 Å². The van der Waals surface area contributed by atoms with Gasteiger partial charge in [0.15, 0.2) is 0 Å². The van der Waals surface area contributed by atoms with Crippen LogP contribution in [0.25, 0.3) is 11.5 Å². The molecular weight excluding hydrogens is 303 g/mol. The van der Waals surface area contributed by atoms with Crippen LogP contribution in [0.5, 0.6) is 0 Å². The van der Waals surface area contributed by atoms with Crippen molar-refractivity contribution in [3.8, 4) is 11.5 Å². The van der Waals surface area contributed by atoms with Crippen molar-refractivity contribution in [2.45, 2.75) is 25.3 Å². The van der Waals surface area contributed by atoms with Crippen LogP contribution in [0, 0.1) is 11.7 Å². The molecule has 3 rings (SSSR count). The van der Waals surface area contributed by atoms with Crippen LogP contribution in [0.3, 0.4) is 0 Å². The van der Waals surface area contributed by atoms with Crippen LogP contribution in [0.4, 0.5) is 4.39 Å². The fourth-order valence-corrected chi connectivity index (χ4v) is 2.31. The van der Waals surface area contributed by atoms with E-state index >= 15 is 0 Å². The first kappa shape index (κ1) is 15.2. The average molecular weight is 318 g/mol. The molecule has 0 bridgehead atoms. The van der Waals surface area contributed by atoms with E-state index in [1.54, 1.807) is 0 Å². The highest BCUT2D eigenvalue weighted by atomic mass is 19.1. The van der Waals surface area contributed by atoms with Gasteiger partial charge in [-0.15, -0.1) is 0 Å². The highest BCUT2D eigenvalue weighted by Crippen LogP contribution is 2.32. The second kappa shape index (κ2) is 6.20. The Morgan fingerprint density at radius 3 is 2.65 bits per heavy atom. The van der Waals surface area contributed by atoms with Crippen molar-refractivity contribution in [2.75, 3.05) is 0 Å². The number of hydrogen-bond donors (Lipinski definition) is 2. The number of rotatable bonds is 6. The van der Waals surface area contributed by atoms with Gasteiger partial charge in [-0.25, -0.2) is 14.2 Å². The zero-order valence-electron chi connectivity index (χ0n) is 12.2. The van der Waals surface area contributed by atoms with E-state index in [2.05, 4.69) is 10.3 Å². The van der Waals surface area contributed by atoms with E-state index in [0.717, 1.165) is 12.8 Å². The molecule has 0 saturated heterocycles. The fourth-order valence-electron chi connectivity index (χ4n) is 2.31. The topological polar surface area (TPSA) is 92.4 Å². The maximum Gasteiger partial charge on any atom is 0.326 e. The average Bonchev–Trinajstić information content (AvgIpc) is 3.25. The number of carbonyl (C=O) groups excluding carboxylic acids is 1. The van der Waals surface area contributed by atoms with Crippen molar-refractivity contribution in [2.24, 2.45) is 5.92 Å². The zero-order valence-corrected chi connectivity index (χ0v) is 12.2. The summed E-state index contributed by atoms with van der Waals surface area (Å²) in [7, 11) is 0. The molecule has 0 aliphatic heterocycles. The summed E-state index contributed by atoms with van der Waals surface area (Å²) in [5, 5.41) is 11.6. The third-order valence-corrected chi connectivity index (χ3v) is 3.66.